The van der Waals surface area contributed by atoms with E-state index < -0.39 is 0 Å². The molecule has 0 spiro atoms. The van der Waals surface area contributed by atoms with Crippen LogP contribution < -0.4 is 0 Å². The van der Waals surface area contributed by atoms with Crippen molar-refractivity contribution in [2.45, 2.75) is 10.8 Å². The second-order valence-corrected chi connectivity index (χ2v) is 6.05. The number of halogens is 2. The predicted octanol–water partition coefficient (Wildman–Crippen LogP) is 5.23. The first-order valence-corrected chi connectivity index (χ1v) is 7.74. The van der Waals surface area contributed by atoms with E-state index in [1.165, 1.54) is 0 Å². The molecule has 20 heavy (non-hydrogen) atoms. The molecule has 0 N–H and O–H groups in total. The summed E-state index contributed by atoms with van der Waals surface area (Å²) in [5, 5.41) is 3.30. The molecular formula is C15H10Cl2N2S. The summed E-state index contributed by atoms with van der Waals surface area (Å²) >= 11 is 13.7. The fourth-order valence-corrected chi connectivity index (χ4v) is 3.07. The number of nitrogens with zero attached hydrogens (tertiary/aromatic N) is 2. The highest BCUT2D eigenvalue weighted by atomic mass is 35.5. The normalized spacial score (nSPS) is 10.9. The lowest BCUT2D eigenvalue weighted by molar-refractivity contribution is 1.13. The van der Waals surface area contributed by atoms with Crippen molar-refractivity contribution in [1.29, 1.82) is 0 Å². The van der Waals surface area contributed by atoms with Crippen molar-refractivity contribution in [1.82, 2.24) is 9.97 Å². The third-order valence-corrected chi connectivity index (χ3v) is 4.42. The quantitative estimate of drug-likeness (QED) is 0.618. The third-order valence-electron chi connectivity index (χ3n) is 2.88. The second-order valence-electron chi connectivity index (χ2n) is 4.21. The van der Waals surface area contributed by atoms with Crippen LogP contribution in [0.2, 0.25) is 10.0 Å². The first kappa shape index (κ1) is 13.7. The molecule has 0 radical (unpaired) electrons. The Morgan fingerprint density at radius 3 is 2.70 bits per heavy atom. The van der Waals surface area contributed by atoms with Gasteiger partial charge in [0.25, 0.3) is 0 Å². The molecule has 0 atom stereocenters. The van der Waals surface area contributed by atoms with Gasteiger partial charge in [0.15, 0.2) is 0 Å². The maximum Gasteiger partial charge on any atom is 0.0964 e. The summed E-state index contributed by atoms with van der Waals surface area (Å²) in [5.74, 6) is 0.791. The standard InChI is InChI=1S/C15H10Cl2N2S/c16-11-4-6-14(19-8-11)20-9-10-3-5-13(17)12-2-1-7-18-15(10)12/h1-8H,9H2. The topological polar surface area (TPSA) is 25.8 Å². The summed E-state index contributed by atoms with van der Waals surface area (Å²) in [6.45, 7) is 0. The number of fused-ring (bicyclic) bond motifs is 1. The van der Waals surface area contributed by atoms with Crippen LogP contribution in [0.5, 0.6) is 0 Å². The van der Waals surface area contributed by atoms with Gasteiger partial charge >= 0.3 is 0 Å². The van der Waals surface area contributed by atoms with E-state index in [0.717, 1.165) is 32.3 Å². The molecule has 0 amide bonds. The van der Waals surface area contributed by atoms with Crippen LogP contribution in [0.1, 0.15) is 5.56 Å². The minimum absolute atomic E-state index is 0.646. The van der Waals surface area contributed by atoms with Gasteiger partial charge in [-0.15, -0.1) is 11.8 Å². The molecule has 2 nitrogen and oxygen atoms in total. The van der Waals surface area contributed by atoms with Crippen LogP contribution in [0.3, 0.4) is 0 Å². The monoisotopic (exact) mass is 320 g/mol. The summed E-state index contributed by atoms with van der Waals surface area (Å²) in [6, 6.07) is 11.6. The Balaban J connectivity index is 1.88. The minimum Gasteiger partial charge on any atom is -0.256 e. The molecule has 3 aromatic rings. The lowest BCUT2D eigenvalue weighted by Crippen LogP contribution is -1.88. The Bertz CT molecular complexity index is 744. The van der Waals surface area contributed by atoms with E-state index in [-0.39, 0.29) is 0 Å². The first-order chi connectivity index (χ1) is 9.74. The van der Waals surface area contributed by atoms with Crippen molar-refractivity contribution in [2.24, 2.45) is 0 Å². The zero-order valence-electron chi connectivity index (χ0n) is 10.4. The molecule has 0 saturated heterocycles. The summed E-state index contributed by atoms with van der Waals surface area (Å²) in [7, 11) is 0. The van der Waals surface area contributed by atoms with Crippen LogP contribution >= 0.6 is 35.0 Å². The fourth-order valence-electron chi connectivity index (χ4n) is 1.91. The molecule has 0 aliphatic heterocycles. The molecule has 3 rings (SSSR count). The first-order valence-electron chi connectivity index (χ1n) is 6.00. The molecule has 2 heterocycles. The zero-order chi connectivity index (χ0) is 13.9. The Hall–Kier alpha value is -1.29. The van der Waals surface area contributed by atoms with Gasteiger partial charge in [0, 0.05) is 28.6 Å². The van der Waals surface area contributed by atoms with Crippen molar-refractivity contribution in [3.63, 3.8) is 0 Å². The average Bonchev–Trinajstić information content (AvgIpc) is 2.49. The van der Waals surface area contributed by atoms with Gasteiger partial charge in [0.2, 0.25) is 0 Å². The van der Waals surface area contributed by atoms with Crippen LogP contribution in [0.4, 0.5) is 0 Å². The van der Waals surface area contributed by atoms with E-state index >= 15 is 0 Å². The van der Waals surface area contributed by atoms with Crippen LogP contribution in [-0.2, 0) is 5.75 Å². The van der Waals surface area contributed by atoms with Gasteiger partial charge in [0.05, 0.1) is 15.6 Å². The Kier molecular flexibility index (Phi) is 4.10. The minimum atomic E-state index is 0.646. The number of thioether (sulfide) groups is 1. The van der Waals surface area contributed by atoms with E-state index in [9.17, 15) is 0 Å². The summed E-state index contributed by atoms with van der Waals surface area (Å²) < 4.78 is 0. The van der Waals surface area contributed by atoms with E-state index in [0.29, 0.717) is 5.02 Å². The van der Waals surface area contributed by atoms with Crippen molar-refractivity contribution in [2.75, 3.05) is 0 Å². The van der Waals surface area contributed by atoms with Crippen molar-refractivity contribution >= 4 is 45.9 Å². The molecule has 0 unspecified atom stereocenters. The zero-order valence-corrected chi connectivity index (χ0v) is 12.7. The molecule has 0 saturated carbocycles. The highest BCUT2D eigenvalue weighted by Gasteiger charge is 2.06. The van der Waals surface area contributed by atoms with Gasteiger partial charge < -0.3 is 0 Å². The van der Waals surface area contributed by atoms with E-state index in [1.807, 2.05) is 36.4 Å². The fraction of sp³-hybridized carbons (Fsp3) is 0.0667. The van der Waals surface area contributed by atoms with E-state index in [4.69, 9.17) is 23.2 Å². The lowest BCUT2D eigenvalue weighted by atomic mass is 10.1. The van der Waals surface area contributed by atoms with Gasteiger partial charge in [-0.25, -0.2) is 4.98 Å². The van der Waals surface area contributed by atoms with Gasteiger partial charge in [0.1, 0.15) is 0 Å². The molecule has 0 aliphatic rings. The van der Waals surface area contributed by atoms with Crippen molar-refractivity contribution < 1.29 is 0 Å². The highest BCUT2D eigenvalue weighted by Crippen LogP contribution is 2.29. The Morgan fingerprint density at radius 2 is 1.90 bits per heavy atom. The summed E-state index contributed by atoms with van der Waals surface area (Å²) in [5.41, 5.74) is 2.09. The largest absolute Gasteiger partial charge is 0.256 e. The molecule has 0 bridgehead atoms. The van der Waals surface area contributed by atoms with Crippen LogP contribution in [0.25, 0.3) is 10.9 Å². The van der Waals surface area contributed by atoms with Crippen molar-refractivity contribution in [3.05, 3.63) is 64.4 Å². The van der Waals surface area contributed by atoms with Crippen LogP contribution in [0.15, 0.2) is 53.8 Å². The van der Waals surface area contributed by atoms with E-state index in [1.54, 1.807) is 24.2 Å². The molecule has 0 aliphatic carbocycles. The number of hydrogen-bond acceptors (Lipinski definition) is 3. The SMILES string of the molecule is Clc1ccc(SCc2ccc(Cl)c3cccnc23)nc1. The molecular weight excluding hydrogens is 311 g/mol. The van der Waals surface area contributed by atoms with Gasteiger partial charge in [-0.2, -0.15) is 0 Å². The van der Waals surface area contributed by atoms with Crippen LogP contribution in [0, 0.1) is 0 Å². The number of hydrogen-bond donors (Lipinski definition) is 0. The number of benzene rings is 1. The summed E-state index contributed by atoms with van der Waals surface area (Å²) in [4.78, 5) is 8.70. The molecule has 1 aromatic carbocycles. The molecule has 5 heteroatoms. The average molecular weight is 321 g/mol. The number of aromatic nitrogens is 2. The summed E-state index contributed by atoms with van der Waals surface area (Å²) in [6.07, 6.45) is 3.44. The highest BCUT2D eigenvalue weighted by molar-refractivity contribution is 7.98. The van der Waals surface area contributed by atoms with Crippen molar-refractivity contribution in [3.8, 4) is 0 Å². The van der Waals surface area contributed by atoms with Gasteiger partial charge in [-0.1, -0.05) is 29.3 Å². The maximum absolute atomic E-state index is 6.19. The van der Waals surface area contributed by atoms with E-state index in [2.05, 4.69) is 9.97 Å². The van der Waals surface area contributed by atoms with Gasteiger partial charge in [-0.05, 0) is 35.9 Å². The lowest BCUT2D eigenvalue weighted by Gasteiger charge is -2.06. The second kappa shape index (κ2) is 6.00. The molecule has 0 fully saturated rings. The third kappa shape index (κ3) is 2.90. The van der Waals surface area contributed by atoms with Crippen LogP contribution in [-0.4, -0.2) is 9.97 Å². The predicted molar refractivity (Wildman–Crippen MR) is 85.6 cm³/mol. The number of rotatable bonds is 3. The maximum atomic E-state index is 6.19. The Labute approximate surface area is 131 Å². The number of pyridine rings is 2. The Morgan fingerprint density at radius 1 is 1.00 bits per heavy atom. The molecule has 100 valence electrons. The smallest absolute Gasteiger partial charge is 0.0964 e. The molecule has 2 aromatic heterocycles. The van der Waals surface area contributed by atoms with Gasteiger partial charge in [-0.3, -0.25) is 4.98 Å².